The second-order valence-corrected chi connectivity index (χ2v) is 5.51. The number of ether oxygens (including phenoxy) is 2. The molecule has 3 unspecified atom stereocenters. The average Bonchev–Trinajstić information content (AvgIpc) is 2.39. The van der Waals surface area contributed by atoms with Gasteiger partial charge in [0.15, 0.2) is 12.1 Å². The molecule has 0 aromatic carbocycles. The Morgan fingerprint density at radius 2 is 2.30 bits per heavy atom. The maximum absolute atomic E-state index is 13.2. The van der Waals surface area contributed by atoms with E-state index >= 15 is 0 Å². The standard InChI is InChI=1S/C16H21FO3/c1-10(2)4-5-19-16-7-12(9-17)13-8-14(18)11(3)6-15(13)20-16/h6-7,13,15-16H,1,4-5,8-9H2,2-3H3. The molecule has 0 spiro atoms. The summed E-state index contributed by atoms with van der Waals surface area (Å²) in [6, 6.07) is 0. The van der Waals surface area contributed by atoms with Crippen LogP contribution in [-0.4, -0.2) is 31.5 Å². The molecule has 1 aliphatic carbocycles. The van der Waals surface area contributed by atoms with Gasteiger partial charge in [-0.1, -0.05) is 5.57 Å². The van der Waals surface area contributed by atoms with Crippen molar-refractivity contribution in [2.75, 3.05) is 13.3 Å². The number of ketones is 1. The number of carbonyl (C=O) groups excluding carboxylic acids is 1. The molecule has 0 aromatic rings. The van der Waals surface area contributed by atoms with Crippen LogP contribution in [0, 0.1) is 5.92 Å². The summed E-state index contributed by atoms with van der Waals surface area (Å²) in [5, 5.41) is 0. The first-order valence-corrected chi connectivity index (χ1v) is 6.91. The Morgan fingerprint density at radius 1 is 1.55 bits per heavy atom. The van der Waals surface area contributed by atoms with Crippen molar-refractivity contribution in [2.24, 2.45) is 5.92 Å². The van der Waals surface area contributed by atoms with Gasteiger partial charge < -0.3 is 9.47 Å². The lowest BCUT2D eigenvalue weighted by Gasteiger charge is -2.36. The van der Waals surface area contributed by atoms with Crippen molar-refractivity contribution in [3.8, 4) is 0 Å². The number of alkyl halides is 1. The summed E-state index contributed by atoms with van der Waals surface area (Å²) in [5.41, 5.74) is 2.33. The second-order valence-electron chi connectivity index (χ2n) is 5.51. The van der Waals surface area contributed by atoms with Crippen LogP contribution in [0.25, 0.3) is 0 Å². The van der Waals surface area contributed by atoms with Crippen LogP contribution in [0.2, 0.25) is 0 Å². The normalized spacial score (nSPS) is 29.6. The third-order valence-corrected chi connectivity index (χ3v) is 3.74. The van der Waals surface area contributed by atoms with Gasteiger partial charge >= 0.3 is 0 Å². The quantitative estimate of drug-likeness (QED) is 0.726. The van der Waals surface area contributed by atoms with Crippen molar-refractivity contribution in [3.63, 3.8) is 0 Å². The second kappa shape index (κ2) is 6.46. The van der Waals surface area contributed by atoms with Gasteiger partial charge in [0, 0.05) is 12.3 Å². The Morgan fingerprint density at radius 3 is 2.95 bits per heavy atom. The molecule has 4 heteroatoms. The molecular weight excluding hydrogens is 259 g/mol. The number of hydrogen-bond acceptors (Lipinski definition) is 3. The number of rotatable bonds is 5. The van der Waals surface area contributed by atoms with Crippen LogP contribution in [0.15, 0.2) is 35.5 Å². The van der Waals surface area contributed by atoms with Crippen molar-refractivity contribution in [1.82, 2.24) is 0 Å². The maximum Gasteiger partial charge on any atom is 0.177 e. The predicted molar refractivity (Wildman–Crippen MR) is 75.0 cm³/mol. The van der Waals surface area contributed by atoms with E-state index < -0.39 is 13.0 Å². The Bertz CT molecular complexity index is 464. The van der Waals surface area contributed by atoms with Gasteiger partial charge in [0.25, 0.3) is 0 Å². The molecule has 2 aliphatic rings. The fourth-order valence-electron chi connectivity index (χ4n) is 2.48. The number of allylic oxidation sites excluding steroid dienone is 1. The zero-order valence-corrected chi connectivity index (χ0v) is 12.0. The van der Waals surface area contributed by atoms with Gasteiger partial charge in [0.2, 0.25) is 0 Å². The summed E-state index contributed by atoms with van der Waals surface area (Å²) in [6.07, 6.45) is 3.72. The van der Waals surface area contributed by atoms with Crippen LogP contribution in [0.4, 0.5) is 4.39 Å². The Kier molecular flexibility index (Phi) is 4.89. The van der Waals surface area contributed by atoms with E-state index in [1.165, 1.54) is 0 Å². The van der Waals surface area contributed by atoms with E-state index in [0.717, 1.165) is 12.0 Å². The van der Waals surface area contributed by atoms with Crippen molar-refractivity contribution in [2.45, 2.75) is 39.1 Å². The fraction of sp³-hybridized carbons (Fsp3) is 0.562. The molecular formula is C16H21FO3. The third kappa shape index (κ3) is 3.44. The molecule has 1 heterocycles. The fourth-order valence-corrected chi connectivity index (χ4v) is 2.48. The molecule has 0 fully saturated rings. The number of hydrogen-bond donors (Lipinski definition) is 0. The SMILES string of the molecule is C=C(C)CCOC1C=C(CF)C2CC(=O)C(C)=CC2O1. The molecule has 0 radical (unpaired) electrons. The molecule has 1 aliphatic heterocycles. The average molecular weight is 280 g/mol. The monoisotopic (exact) mass is 280 g/mol. The van der Waals surface area contributed by atoms with Gasteiger partial charge in [0.1, 0.15) is 6.67 Å². The van der Waals surface area contributed by atoms with Gasteiger partial charge in [-0.2, -0.15) is 0 Å². The number of carbonyl (C=O) groups is 1. The topological polar surface area (TPSA) is 35.5 Å². The summed E-state index contributed by atoms with van der Waals surface area (Å²) in [6.45, 7) is 7.44. The van der Waals surface area contributed by atoms with Gasteiger partial charge in [-0.05, 0) is 43.6 Å². The number of fused-ring (bicyclic) bond motifs is 1. The molecule has 0 aromatic heterocycles. The molecule has 20 heavy (non-hydrogen) atoms. The van der Waals surface area contributed by atoms with E-state index in [9.17, 15) is 9.18 Å². The summed E-state index contributed by atoms with van der Waals surface area (Å²) in [5.74, 6) is -0.118. The summed E-state index contributed by atoms with van der Waals surface area (Å²) < 4.78 is 24.6. The van der Waals surface area contributed by atoms with Gasteiger partial charge in [0.05, 0.1) is 12.7 Å². The van der Waals surface area contributed by atoms with Crippen molar-refractivity contribution in [1.29, 1.82) is 0 Å². The lowest BCUT2D eigenvalue weighted by atomic mass is 9.80. The summed E-state index contributed by atoms with van der Waals surface area (Å²) in [7, 11) is 0. The van der Waals surface area contributed by atoms with Gasteiger partial charge in [-0.25, -0.2) is 4.39 Å². The largest absolute Gasteiger partial charge is 0.349 e. The molecule has 0 amide bonds. The highest BCUT2D eigenvalue weighted by molar-refractivity contribution is 5.96. The Labute approximate surface area is 119 Å². The van der Waals surface area contributed by atoms with Crippen LogP contribution < -0.4 is 0 Å². The summed E-state index contributed by atoms with van der Waals surface area (Å²) in [4.78, 5) is 11.7. The van der Waals surface area contributed by atoms with Crippen LogP contribution in [0.5, 0.6) is 0 Å². The molecule has 0 saturated carbocycles. The minimum Gasteiger partial charge on any atom is -0.349 e. The molecule has 0 saturated heterocycles. The lowest BCUT2D eigenvalue weighted by Crippen LogP contribution is -2.39. The van der Waals surface area contributed by atoms with Gasteiger partial charge in [-0.3, -0.25) is 4.79 Å². The van der Waals surface area contributed by atoms with E-state index in [-0.39, 0.29) is 17.8 Å². The zero-order valence-electron chi connectivity index (χ0n) is 12.0. The molecule has 0 bridgehead atoms. The van der Waals surface area contributed by atoms with Crippen LogP contribution in [-0.2, 0) is 14.3 Å². The smallest absolute Gasteiger partial charge is 0.177 e. The van der Waals surface area contributed by atoms with E-state index in [2.05, 4.69) is 6.58 Å². The number of halogens is 1. The van der Waals surface area contributed by atoms with Crippen LogP contribution in [0.3, 0.4) is 0 Å². The highest BCUT2D eigenvalue weighted by Gasteiger charge is 2.36. The molecule has 0 N–H and O–H groups in total. The van der Waals surface area contributed by atoms with Crippen LogP contribution >= 0.6 is 0 Å². The highest BCUT2D eigenvalue weighted by Crippen LogP contribution is 2.34. The summed E-state index contributed by atoms with van der Waals surface area (Å²) >= 11 is 0. The first-order chi connectivity index (χ1) is 9.51. The zero-order chi connectivity index (χ0) is 14.7. The van der Waals surface area contributed by atoms with Crippen molar-refractivity contribution < 1.29 is 18.7 Å². The maximum atomic E-state index is 13.2. The Hall–Kier alpha value is -1.26. The van der Waals surface area contributed by atoms with Crippen molar-refractivity contribution in [3.05, 3.63) is 35.5 Å². The van der Waals surface area contributed by atoms with Crippen LogP contribution in [0.1, 0.15) is 26.7 Å². The Balaban J connectivity index is 2.06. The van der Waals surface area contributed by atoms with Gasteiger partial charge in [-0.15, -0.1) is 6.58 Å². The molecule has 110 valence electrons. The van der Waals surface area contributed by atoms with E-state index in [0.29, 0.717) is 24.2 Å². The molecule has 2 rings (SSSR count). The highest BCUT2D eigenvalue weighted by atomic mass is 19.1. The third-order valence-electron chi connectivity index (χ3n) is 3.74. The minimum atomic E-state index is -0.564. The molecule has 3 nitrogen and oxygen atoms in total. The minimum absolute atomic E-state index is 0.0656. The first-order valence-electron chi connectivity index (χ1n) is 6.91. The predicted octanol–water partition coefficient (Wildman–Crippen LogP) is 3.13. The van der Waals surface area contributed by atoms with E-state index in [4.69, 9.17) is 9.47 Å². The number of Topliss-reactive ketones (excluding diaryl/α,β-unsaturated/α-hetero) is 1. The molecule has 3 atom stereocenters. The van der Waals surface area contributed by atoms with Crippen molar-refractivity contribution >= 4 is 5.78 Å². The van der Waals surface area contributed by atoms with E-state index in [1.807, 2.05) is 6.92 Å². The first kappa shape index (κ1) is 15.1. The van der Waals surface area contributed by atoms with E-state index in [1.54, 1.807) is 19.1 Å². The lowest BCUT2D eigenvalue weighted by molar-refractivity contribution is -0.153.